The van der Waals surface area contributed by atoms with Gasteiger partial charge in [-0.25, -0.2) is 4.98 Å². The normalized spacial score (nSPS) is 17.0. The molecular formula is C29H26ClN3O5. The molecule has 9 heteroatoms. The molecule has 0 spiro atoms. The average Bonchev–Trinajstić information content (AvgIpc) is 3.43. The molecule has 0 radical (unpaired) electrons. The van der Waals surface area contributed by atoms with Crippen molar-refractivity contribution in [1.82, 2.24) is 9.97 Å². The number of amides is 1. The van der Waals surface area contributed by atoms with Crippen LogP contribution < -0.4 is 14.4 Å². The number of imidazole rings is 1. The number of nitrogens with one attached hydrogen (secondary N) is 1. The van der Waals surface area contributed by atoms with Crippen molar-refractivity contribution in [1.29, 1.82) is 0 Å². The van der Waals surface area contributed by atoms with Gasteiger partial charge in [0.05, 0.1) is 40.4 Å². The second-order valence-electron chi connectivity index (χ2n) is 9.06. The van der Waals surface area contributed by atoms with Crippen LogP contribution in [0.1, 0.15) is 37.9 Å². The lowest BCUT2D eigenvalue weighted by molar-refractivity contribution is -0.132. The highest BCUT2D eigenvalue weighted by Gasteiger charge is 2.48. The lowest BCUT2D eigenvalue weighted by Gasteiger charge is -2.23. The van der Waals surface area contributed by atoms with E-state index >= 15 is 0 Å². The molecule has 194 valence electrons. The quantitative estimate of drug-likeness (QED) is 0.171. The molecular weight excluding hydrogens is 506 g/mol. The summed E-state index contributed by atoms with van der Waals surface area (Å²) >= 11 is 6.23. The molecule has 4 aromatic rings. The maximum Gasteiger partial charge on any atom is 0.302 e. The van der Waals surface area contributed by atoms with E-state index < -0.39 is 17.7 Å². The highest BCUT2D eigenvalue weighted by Crippen LogP contribution is 2.42. The number of aromatic nitrogens is 2. The predicted octanol–water partition coefficient (Wildman–Crippen LogP) is 6.03. The zero-order valence-electron chi connectivity index (χ0n) is 21.1. The first-order valence-electron chi connectivity index (χ1n) is 12.2. The summed E-state index contributed by atoms with van der Waals surface area (Å²) in [5.74, 6) is -0.779. The van der Waals surface area contributed by atoms with Crippen LogP contribution in [0, 0.1) is 0 Å². The van der Waals surface area contributed by atoms with Crippen molar-refractivity contribution in [2.24, 2.45) is 0 Å². The number of carbonyl (C=O) groups excluding carboxylic acids is 2. The molecule has 1 saturated heterocycles. The van der Waals surface area contributed by atoms with Gasteiger partial charge in [-0.05, 0) is 68.8 Å². The van der Waals surface area contributed by atoms with E-state index in [9.17, 15) is 14.7 Å². The van der Waals surface area contributed by atoms with Crippen molar-refractivity contribution < 1.29 is 24.2 Å². The fourth-order valence-electron chi connectivity index (χ4n) is 4.49. The minimum absolute atomic E-state index is 0.0218. The molecule has 2 N–H and O–H groups in total. The molecule has 0 bridgehead atoms. The number of aliphatic hydroxyl groups excluding tert-OH is 1. The number of halogens is 1. The number of hydrogen-bond donors (Lipinski definition) is 2. The van der Waals surface area contributed by atoms with Crippen molar-refractivity contribution in [2.45, 2.75) is 32.9 Å². The summed E-state index contributed by atoms with van der Waals surface area (Å²) in [6.45, 7) is 6.03. The molecule has 5 rings (SSSR count). The van der Waals surface area contributed by atoms with E-state index in [0.29, 0.717) is 45.3 Å². The van der Waals surface area contributed by atoms with E-state index in [0.717, 1.165) is 0 Å². The molecule has 1 fully saturated rings. The van der Waals surface area contributed by atoms with Crippen LogP contribution in [0.15, 0.2) is 72.3 Å². The Bertz CT molecular complexity index is 1530. The van der Waals surface area contributed by atoms with Crippen molar-refractivity contribution >= 4 is 46.0 Å². The monoisotopic (exact) mass is 531 g/mol. The molecule has 2 heterocycles. The average molecular weight is 532 g/mol. The van der Waals surface area contributed by atoms with E-state index in [1.807, 2.05) is 45.0 Å². The first-order valence-corrected chi connectivity index (χ1v) is 12.6. The third-order valence-electron chi connectivity index (χ3n) is 6.12. The molecule has 1 amide bonds. The molecule has 0 aliphatic carbocycles. The fourth-order valence-corrected chi connectivity index (χ4v) is 4.67. The lowest BCUT2D eigenvalue weighted by atomic mass is 9.95. The summed E-state index contributed by atoms with van der Waals surface area (Å²) in [4.78, 5) is 35.9. The summed E-state index contributed by atoms with van der Waals surface area (Å²) in [6.07, 6.45) is -0.0218. The van der Waals surface area contributed by atoms with Gasteiger partial charge in [-0.2, -0.15) is 0 Å². The van der Waals surface area contributed by atoms with Gasteiger partial charge in [-0.15, -0.1) is 0 Å². The molecule has 3 aromatic carbocycles. The number of H-pyrrole nitrogens is 1. The standard InChI is InChI=1S/C29H26ClN3O5/c1-4-37-23-15-18(11-14-20(23)30)26(34)24-25(17-9-12-19(13-10-17)38-16(2)3)33(28(36)27(24)35)29-31-21-7-5-6-8-22(21)32-29/h5-16,25,34H,4H2,1-3H3,(H,31,32)/b26-24+. The molecule has 0 saturated carbocycles. The van der Waals surface area contributed by atoms with E-state index in [1.54, 1.807) is 42.5 Å². The maximum absolute atomic E-state index is 13.5. The third-order valence-corrected chi connectivity index (χ3v) is 6.43. The molecule has 1 unspecified atom stereocenters. The van der Waals surface area contributed by atoms with Crippen molar-refractivity contribution in [3.8, 4) is 11.5 Å². The first kappa shape index (κ1) is 25.4. The zero-order chi connectivity index (χ0) is 27.0. The van der Waals surface area contributed by atoms with Crippen molar-refractivity contribution in [3.05, 3.63) is 88.5 Å². The summed E-state index contributed by atoms with van der Waals surface area (Å²) in [6, 6.07) is 18.1. The van der Waals surface area contributed by atoms with Crippen LogP contribution in [0.3, 0.4) is 0 Å². The highest BCUT2D eigenvalue weighted by molar-refractivity contribution is 6.51. The number of carbonyl (C=O) groups is 2. The third kappa shape index (κ3) is 4.59. The number of nitrogens with zero attached hydrogens (tertiary/aromatic N) is 2. The van der Waals surface area contributed by atoms with Gasteiger partial charge in [0, 0.05) is 5.56 Å². The van der Waals surface area contributed by atoms with Gasteiger partial charge in [-0.1, -0.05) is 35.9 Å². The van der Waals surface area contributed by atoms with Gasteiger partial charge in [0.15, 0.2) is 0 Å². The Labute approximate surface area is 224 Å². The highest BCUT2D eigenvalue weighted by atomic mass is 35.5. The lowest BCUT2D eigenvalue weighted by Crippen LogP contribution is -2.30. The SMILES string of the molecule is CCOc1cc(/C(O)=C2\C(=O)C(=O)N(c3nc4ccccc4[nH]3)C2c2ccc(OC(C)C)cc2)ccc1Cl. The first-order chi connectivity index (χ1) is 18.3. The number of aliphatic hydroxyl groups is 1. The fraction of sp³-hybridized carbons (Fsp3) is 0.207. The minimum Gasteiger partial charge on any atom is -0.507 e. The molecule has 38 heavy (non-hydrogen) atoms. The van der Waals surface area contributed by atoms with Crippen LogP contribution in [0.5, 0.6) is 11.5 Å². The smallest absolute Gasteiger partial charge is 0.302 e. The van der Waals surface area contributed by atoms with E-state index in [2.05, 4.69) is 9.97 Å². The topological polar surface area (TPSA) is 105 Å². The molecule has 1 aliphatic heterocycles. The van der Waals surface area contributed by atoms with Gasteiger partial charge in [0.1, 0.15) is 17.3 Å². The number of anilines is 1. The molecule has 1 atom stereocenters. The molecule has 1 aromatic heterocycles. The van der Waals surface area contributed by atoms with Gasteiger partial charge < -0.3 is 19.6 Å². The Morgan fingerprint density at radius 2 is 1.84 bits per heavy atom. The van der Waals surface area contributed by atoms with Crippen molar-refractivity contribution in [2.75, 3.05) is 11.5 Å². The Morgan fingerprint density at radius 3 is 2.53 bits per heavy atom. The summed E-state index contributed by atoms with van der Waals surface area (Å²) in [5.41, 5.74) is 2.18. The number of hydrogen-bond acceptors (Lipinski definition) is 6. The van der Waals surface area contributed by atoms with E-state index in [-0.39, 0.29) is 23.4 Å². The minimum atomic E-state index is -0.949. The number of ketones is 1. The summed E-state index contributed by atoms with van der Waals surface area (Å²) < 4.78 is 11.3. The van der Waals surface area contributed by atoms with Gasteiger partial charge in [0.2, 0.25) is 5.95 Å². The molecule has 1 aliphatic rings. The molecule has 8 nitrogen and oxygen atoms in total. The van der Waals surface area contributed by atoms with E-state index in [1.165, 1.54) is 4.90 Å². The number of benzene rings is 3. The number of ether oxygens (including phenoxy) is 2. The Kier molecular flexibility index (Phi) is 6.82. The summed E-state index contributed by atoms with van der Waals surface area (Å²) in [7, 11) is 0. The van der Waals surface area contributed by atoms with Gasteiger partial charge >= 0.3 is 5.91 Å². The largest absolute Gasteiger partial charge is 0.507 e. The number of fused-ring (bicyclic) bond motifs is 1. The number of Topliss-reactive ketones (excluding diaryl/α,β-unsaturated/α-hetero) is 1. The van der Waals surface area contributed by atoms with Gasteiger partial charge in [-0.3, -0.25) is 14.5 Å². The Morgan fingerprint density at radius 1 is 1.11 bits per heavy atom. The Hall–Kier alpha value is -4.30. The Balaban J connectivity index is 1.68. The van der Waals surface area contributed by atoms with Crippen LogP contribution in [-0.2, 0) is 9.59 Å². The predicted molar refractivity (Wildman–Crippen MR) is 146 cm³/mol. The summed E-state index contributed by atoms with van der Waals surface area (Å²) in [5, 5.41) is 11.8. The van der Waals surface area contributed by atoms with Crippen LogP contribution >= 0.6 is 11.6 Å². The van der Waals surface area contributed by atoms with Crippen LogP contribution in [0.25, 0.3) is 16.8 Å². The van der Waals surface area contributed by atoms with Crippen LogP contribution in [0.4, 0.5) is 5.95 Å². The number of rotatable bonds is 7. The van der Waals surface area contributed by atoms with Crippen LogP contribution in [0.2, 0.25) is 5.02 Å². The van der Waals surface area contributed by atoms with Crippen molar-refractivity contribution in [3.63, 3.8) is 0 Å². The number of aromatic amines is 1. The van der Waals surface area contributed by atoms with E-state index in [4.69, 9.17) is 21.1 Å². The van der Waals surface area contributed by atoms with Gasteiger partial charge in [0.25, 0.3) is 5.78 Å². The van der Waals surface area contributed by atoms with Crippen LogP contribution in [-0.4, -0.2) is 39.5 Å². The second kappa shape index (κ2) is 10.2. The second-order valence-corrected chi connectivity index (χ2v) is 9.47. The zero-order valence-corrected chi connectivity index (χ0v) is 21.8. The number of para-hydroxylation sites is 2. The maximum atomic E-state index is 13.5.